The van der Waals surface area contributed by atoms with Gasteiger partial charge in [0.2, 0.25) is 0 Å². The summed E-state index contributed by atoms with van der Waals surface area (Å²) < 4.78 is 36.5. The highest BCUT2D eigenvalue weighted by molar-refractivity contribution is 6.30. The van der Waals surface area contributed by atoms with Gasteiger partial charge in [-0.05, 0) is 18.2 Å². The lowest BCUT2D eigenvalue weighted by molar-refractivity contribution is -0.149. The van der Waals surface area contributed by atoms with Crippen molar-refractivity contribution >= 4 is 24.0 Å². The summed E-state index contributed by atoms with van der Waals surface area (Å²) in [5.74, 6) is -0.515. The van der Waals surface area contributed by atoms with Crippen LogP contribution in [-0.2, 0) is 0 Å². The van der Waals surface area contributed by atoms with Crippen molar-refractivity contribution in [1.29, 1.82) is 0 Å². The Morgan fingerprint density at radius 3 is 2.33 bits per heavy atom. The van der Waals surface area contributed by atoms with E-state index in [-0.39, 0.29) is 17.4 Å². The summed E-state index contributed by atoms with van der Waals surface area (Å²) in [6, 6.07) is 1.13. The summed E-state index contributed by atoms with van der Waals surface area (Å²) >= 11 is 5.48. The molecule has 0 unspecified atom stereocenters. The maximum absolute atomic E-state index is 12.2. The largest absolute Gasteiger partial charge is 0.508 e. The van der Waals surface area contributed by atoms with Crippen LogP contribution in [0, 0.1) is 0 Å². The molecule has 0 spiro atoms. The van der Waals surface area contributed by atoms with E-state index < -0.39 is 23.5 Å². The second-order valence-electron chi connectivity index (χ2n) is 2.72. The normalized spacial score (nSPS) is 13.1. The molecule has 1 rings (SSSR count). The molecule has 0 fully saturated rings. The van der Waals surface area contributed by atoms with Crippen LogP contribution in [0.2, 0.25) is 5.02 Å². The number of rotatable bonds is 1. The van der Waals surface area contributed by atoms with Crippen molar-refractivity contribution in [1.82, 2.24) is 0 Å². The topological polar surface area (TPSA) is 46.2 Å². The first kappa shape index (κ1) is 14.3. The quantitative estimate of drug-likeness (QED) is 0.817. The van der Waals surface area contributed by atoms with E-state index in [9.17, 15) is 13.2 Å². The van der Waals surface area contributed by atoms with Gasteiger partial charge in [-0.2, -0.15) is 13.2 Å². The predicted molar refractivity (Wildman–Crippen MR) is 53.3 cm³/mol. The molecule has 1 aromatic carbocycles. The molecule has 1 atom stereocenters. The van der Waals surface area contributed by atoms with Gasteiger partial charge in [-0.1, -0.05) is 11.6 Å². The third-order valence-corrected chi connectivity index (χ3v) is 1.91. The molecule has 0 bridgehead atoms. The number of benzene rings is 1. The van der Waals surface area contributed by atoms with Gasteiger partial charge in [0.1, 0.15) is 11.8 Å². The molecule has 15 heavy (non-hydrogen) atoms. The zero-order valence-electron chi connectivity index (χ0n) is 7.25. The average Bonchev–Trinajstić information content (AvgIpc) is 2.06. The Hall–Kier alpha value is -0.650. The summed E-state index contributed by atoms with van der Waals surface area (Å²) in [4.78, 5) is 0. The van der Waals surface area contributed by atoms with Gasteiger partial charge in [0.05, 0.1) is 0 Å². The molecule has 0 heterocycles. The Labute approximate surface area is 95.2 Å². The Morgan fingerprint density at radius 1 is 1.33 bits per heavy atom. The van der Waals surface area contributed by atoms with Crippen LogP contribution in [0.5, 0.6) is 5.75 Å². The third-order valence-electron chi connectivity index (χ3n) is 1.68. The van der Waals surface area contributed by atoms with E-state index in [4.69, 9.17) is 22.4 Å². The van der Waals surface area contributed by atoms with Crippen LogP contribution in [0.3, 0.4) is 0 Å². The molecule has 0 saturated heterocycles. The molecular formula is C8H8Cl2F3NO. The minimum absolute atomic E-state index is 0. The van der Waals surface area contributed by atoms with Crippen molar-refractivity contribution < 1.29 is 18.3 Å². The van der Waals surface area contributed by atoms with Crippen molar-refractivity contribution in [3.8, 4) is 5.75 Å². The summed E-state index contributed by atoms with van der Waals surface area (Å²) in [6.45, 7) is 0. The number of aromatic hydroxyl groups is 1. The monoisotopic (exact) mass is 261 g/mol. The molecule has 2 nitrogen and oxygen atoms in total. The van der Waals surface area contributed by atoms with Gasteiger partial charge >= 0.3 is 6.18 Å². The fourth-order valence-electron chi connectivity index (χ4n) is 0.951. The van der Waals surface area contributed by atoms with E-state index in [0.717, 1.165) is 12.1 Å². The average molecular weight is 262 g/mol. The lowest BCUT2D eigenvalue weighted by Crippen LogP contribution is -2.28. The van der Waals surface area contributed by atoms with Crippen LogP contribution < -0.4 is 5.73 Å². The number of hydrogen-bond donors (Lipinski definition) is 2. The molecule has 1 aromatic rings. The smallest absolute Gasteiger partial charge is 0.407 e. The molecule has 86 valence electrons. The lowest BCUT2D eigenvalue weighted by atomic mass is 10.1. The van der Waals surface area contributed by atoms with Gasteiger partial charge in [-0.3, -0.25) is 0 Å². The number of halogens is 5. The number of hydrogen-bond acceptors (Lipinski definition) is 2. The molecule has 0 radical (unpaired) electrons. The first-order valence-electron chi connectivity index (χ1n) is 3.63. The van der Waals surface area contributed by atoms with Gasteiger partial charge in [-0.25, -0.2) is 0 Å². The predicted octanol–water partition coefficient (Wildman–Crippen LogP) is 3.03. The molecule has 7 heteroatoms. The molecule has 0 amide bonds. The van der Waals surface area contributed by atoms with Gasteiger partial charge in [0.15, 0.2) is 0 Å². The van der Waals surface area contributed by atoms with Crippen molar-refractivity contribution in [3.63, 3.8) is 0 Å². The number of phenols is 1. The van der Waals surface area contributed by atoms with Crippen molar-refractivity contribution in [2.75, 3.05) is 0 Å². The van der Waals surface area contributed by atoms with Crippen molar-refractivity contribution in [2.24, 2.45) is 5.73 Å². The first-order valence-corrected chi connectivity index (χ1v) is 4.01. The Kier molecular flexibility index (Phi) is 4.70. The van der Waals surface area contributed by atoms with E-state index >= 15 is 0 Å². The summed E-state index contributed by atoms with van der Waals surface area (Å²) in [6.07, 6.45) is -4.60. The highest BCUT2D eigenvalue weighted by Gasteiger charge is 2.39. The van der Waals surface area contributed by atoms with E-state index in [1.54, 1.807) is 0 Å². The van der Waals surface area contributed by atoms with Crippen LogP contribution in [0.15, 0.2) is 18.2 Å². The Bertz CT molecular complexity index is 343. The second-order valence-corrected chi connectivity index (χ2v) is 3.16. The van der Waals surface area contributed by atoms with Crippen LogP contribution >= 0.6 is 24.0 Å². The molecule has 0 aliphatic rings. The number of alkyl halides is 3. The minimum Gasteiger partial charge on any atom is -0.508 e. The third kappa shape index (κ3) is 3.44. The van der Waals surface area contributed by atoms with Crippen molar-refractivity contribution in [3.05, 3.63) is 28.8 Å². The molecule has 0 aliphatic carbocycles. The Morgan fingerprint density at radius 2 is 1.87 bits per heavy atom. The van der Waals surface area contributed by atoms with Gasteiger partial charge in [0, 0.05) is 10.6 Å². The van der Waals surface area contributed by atoms with E-state index in [1.807, 2.05) is 0 Å². The first-order chi connectivity index (χ1) is 6.32. The van der Waals surface area contributed by atoms with Gasteiger partial charge < -0.3 is 10.8 Å². The molecule has 0 aliphatic heterocycles. The standard InChI is InChI=1S/C8H7ClF3NO.ClH/c9-4-1-2-6(14)5(3-4)7(13)8(10,11)12;/h1-3,7,14H,13H2;1H/t7-;/m1./s1. The zero-order valence-corrected chi connectivity index (χ0v) is 8.83. The fraction of sp³-hybridized carbons (Fsp3) is 0.250. The van der Waals surface area contributed by atoms with Crippen LogP contribution in [0.1, 0.15) is 11.6 Å². The minimum atomic E-state index is -4.60. The highest BCUT2D eigenvalue weighted by atomic mass is 35.5. The Balaban J connectivity index is 0.00000196. The van der Waals surface area contributed by atoms with Gasteiger partial charge in [0.25, 0.3) is 0 Å². The second kappa shape index (κ2) is 4.92. The molecule has 3 N–H and O–H groups in total. The lowest BCUT2D eigenvalue weighted by Gasteiger charge is -2.16. The molecule has 0 saturated carbocycles. The van der Waals surface area contributed by atoms with Crippen LogP contribution in [0.25, 0.3) is 0 Å². The van der Waals surface area contributed by atoms with Crippen LogP contribution in [-0.4, -0.2) is 11.3 Å². The highest BCUT2D eigenvalue weighted by Crippen LogP contribution is 2.35. The summed E-state index contributed by atoms with van der Waals surface area (Å²) in [5.41, 5.74) is 4.47. The van der Waals surface area contributed by atoms with Crippen molar-refractivity contribution in [2.45, 2.75) is 12.2 Å². The summed E-state index contributed by atoms with van der Waals surface area (Å²) in [5, 5.41) is 9.22. The van der Waals surface area contributed by atoms with Crippen LogP contribution in [0.4, 0.5) is 13.2 Å². The maximum atomic E-state index is 12.2. The number of phenolic OH excluding ortho intramolecular Hbond substituents is 1. The van der Waals surface area contributed by atoms with Gasteiger partial charge in [-0.15, -0.1) is 12.4 Å². The fourth-order valence-corrected chi connectivity index (χ4v) is 1.13. The maximum Gasteiger partial charge on any atom is 0.407 e. The molecular weight excluding hydrogens is 254 g/mol. The SMILES string of the molecule is Cl.N[C@H](c1cc(Cl)ccc1O)C(F)(F)F. The number of nitrogens with two attached hydrogens (primary N) is 1. The van der Waals surface area contributed by atoms with E-state index in [1.165, 1.54) is 6.07 Å². The summed E-state index contributed by atoms with van der Waals surface area (Å²) in [7, 11) is 0. The molecule has 0 aromatic heterocycles. The van der Waals surface area contributed by atoms with E-state index in [0.29, 0.717) is 0 Å². The van der Waals surface area contributed by atoms with E-state index in [2.05, 4.69) is 0 Å². The zero-order chi connectivity index (χ0) is 10.9.